The van der Waals surface area contributed by atoms with E-state index < -0.39 is 0 Å². The van der Waals surface area contributed by atoms with Gasteiger partial charge in [-0.15, -0.1) is 0 Å². The Morgan fingerprint density at radius 2 is 0.971 bits per heavy atom. The van der Waals surface area contributed by atoms with E-state index in [1.807, 2.05) is 0 Å². The van der Waals surface area contributed by atoms with Crippen molar-refractivity contribution in [2.75, 3.05) is 0 Å². The molecular weight excluding hydrogens is 438 g/mol. The summed E-state index contributed by atoms with van der Waals surface area (Å²) in [6.45, 7) is 2.29. The predicted molar refractivity (Wildman–Crippen MR) is 150 cm³/mol. The number of carbonyl (C=O) groups excluding carboxylic acids is 1. The molecule has 1 heterocycles. The van der Waals surface area contributed by atoms with Crippen molar-refractivity contribution in [2.45, 2.75) is 161 Å². The van der Waals surface area contributed by atoms with Gasteiger partial charge in [-0.05, 0) is 18.6 Å². The van der Waals surface area contributed by atoms with Crippen LogP contribution in [0.2, 0.25) is 5.02 Å². The molecule has 2 nitrogen and oxygen atoms in total. The molecule has 3 heteroatoms. The van der Waals surface area contributed by atoms with Crippen LogP contribution in [0.25, 0.3) is 0 Å². The molecule has 0 amide bonds. The average Bonchev–Trinajstić information content (AvgIpc) is 2.84. The predicted octanol–water partition coefficient (Wildman–Crippen LogP) is 11.3. The molecule has 0 aliphatic rings. The molecule has 0 radical (unpaired) electrons. The molecule has 0 fully saturated rings. The van der Waals surface area contributed by atoms with E-state index in [0.29, 0.717) is 17.1 Å². The normalized spacial score (nSPS) is 11.2. The molecule has 0 saturated heterocycles. The summed E-state index contributed by atoms with van der Waals surface area (Å²) in [5, 5.41) is 0.474. The van der Waals surface area contributed by atoms with E-state index in [1.54, 1.807) is 18.3 Å². The van der Waals surface area contributed by atoms with Gasteiger partial charge in [-0.3, -0.25) is 9.78 Å². The highest BCUT2D eigenvalue weighted by Gasteiger charge is 2.10. The maximum atomic E-state index is 12.1. The van der Waals surface area contributed by atoms with Gasteiger partial charge in [0.1, 0.15) is 5.69 Å². The summed E-state index contributed by atoms with van der Waals surface area (Å²) in [6.07, 6.45) is 34.1. The number of hydrogen-bond acceptors (Lipinski definition) is 2. The maximum absolute atomic E-state index is 12.1. The van der Waals surface area contributed by atoms with Crippen LogP contribution < -0.4 is 0 Å². The second-order valence-electron chi connectivity index (χ2n) is 10.3. The highest BCUT2D eigenvalue weighted by atomic mass is 35.5. The highest BCUT2D eigenvalue weighted by Crippen LogP contribution is 2.17. The number of ketones is 1. The van der Waals surface area contributed by atoms with Gasteiger partial charge in [0, 0.05) is 12.6 Å². The summed E-state index contributed by atoms with van der Waals surface area (Å²) in [6, 6.07) is 3.50. The fourth-order valence-corrected chi connectivity index (χ4v) is 5.01. The van der Waals surface area contributed by atoms with Crippen LogP contribution in [-0.2, 0) is 0 Å². The SMILES string of the molecule is CCCCCCCCCCCCCCCCCCCCCCCCCC(=O)c1ncccc1Cl. The Kier molecular flexibility index (Phi) is 21.8. The van der Waals surface area contributed by atoms with Gasteiger partial charge in [0.2, 0.25) is 0 Å². The molecule has 0 aromatic carbocycles. The standard InChI is InChI=1S/C31H54ClNO/c1-2-3-4-5-6-7-8-9-10-11-12-13-14-15-16-17-18-19-20-21-22-23-24-27-30(34)31-29(32)26-25-28-33-31/h25-26,28H,2-24,27H2,1H3. The zero-order valence-electron chi connectivity index (χ0n) is 22.4. The fraction of sp³-hybridized carbons (Fsp3) is 0.806. The summed E-state index contributed by atoms with van der Waals surface area (Å²) < 4.78 is 0. The second-order valence-corrected chi connectivity index (χ2v) is 10.7. The maximum Gasteiger partial charge on any atom is 0.182 e. The Hall–Kier alpha value is -0.890. The molecule has 0 spiro atoms. The summed E-state index contributed by atoms with van der Waals surface area (Å²) in [4.78, 5) is 16.2. The van der Waals surface area contributed by atoms with E-state index in [9.17, 15) is 4.79 Å². The first-order valence-electron chi connectivity index (χ1n) is 14.9. The highest BCUT2D eigenvalue weighted by molar-refractivity contribution is 6.33. The number of nitrogens with zero attached hydrogens (tertiary/aromatic N) is 1. The Morgan fingerprint density at radius 1 is 0.618 bits per heavy atom. The molecule has 0 atom stereocenters. The van der Waals surface area contributed by atoms with Gasteiger partial charge in [-0.25, -0.2) is 0 Å². The van der Waals surface area contributed by atoms with Crippen LogP contribution in [-0.4, -0.2) is 10.8 Å². The van der Waals surface area contributed by atoms with Crippen molar-refractivity contribution in [1.29, 1.82) is 0 Å². The molecule has 1 aromatic heterocycles. The van der Waals surface area contributed by atoms with Crippen LogP contribution in [0.15, 0.2) is 18.3 Å². The van der Waals surface area contributed by atoms with Gasteiger partial charge < -0.3 is 0 Å². The van der Waals surface area contributed by atoms with Crippen LogP contribution in [0.1, 0.15) is 172 Å². The number of Topliss-reactive ketones (excluding diaryl/α,β-unsaturated/α-hetero) is 1. The summed E-state index contributed by atoms with van der Waals surface area (Å²) in [7, 11) is 0. The first kappa shape index (κ1) is 31.1. The fourth-order valence-electron chi connectivity index (χ4n) is 4.78. The molecule has 1 rings (SSSR count). The van der Waals surface area contributed by atoms with Crippen molar-refractivity contribution in [3.05, 3.63) is 29.0 Å². The van der Waals surface area contributed by atoms with Crippen LogP contribution in [0.5, 0.6) is 0 Å². The Morgan fingerprint density at radius 3 is 1.32 bits per heavy atom. The third-order valence-corrected chi connectivity index (χ3v) is 7.33. The summed E-state index contributed by atoms with van der Waals surface area (Å²) in [5.41, 5.74) is 0.433. The van der Waals surface area contributed by atoms with Crippen LogP contribution >= 0.6 is 11.6 Å². The third-order valence-electron chi connectivity index (χ3n) is 7.03. The molecule has 0 unspecified atom stereocenters. The first-order chi connectivity index (χ1) is 16.8. The quantitative estimate of drug-likeness (QED) is 0.100. The molecule has 196 valence electrons. The second kappa shape index (κ2) is 23.8. The number of hydrogen-bond donors (Lipinski definition) is 0. The zero-order valence-corrected chi connectivity index (χ0v) is 23.2. The van der Waals surface area contributed by atoms with Gasteiger partial charge in [0.05, 0.1) is 5.02 Å². The lowest BCUT2D eigenvalue weighted by molar-refractivity contribution is 0.0974. The Balaban J connectivity index is 1.72. The minimum Gasteiger partial charge on any atom is -0.292 e. The minimum atomic E-state index is 0.0779. The summed E-state index contributed by atoms with van der Waals surface area (Å²) in [5.74, 6) is 0.0779. The van der Waals surface area contributed by atoms with E-state index in [0.717, 1.165) is 12.8 Å². The number of pyridine rings is 1. The smallest absolute Gasteiger partial charge is 0.182 e. The monoisotopic (exact) mass is 491 g/mol. The molecular formula is C31H54ClNO. The first-order valence-corrected chi connectivity index (χ1v) is 15.3. The van der Waals surface area contributed by atoms with Crippen molar-refractivity contribution in [2.24, 2.45) is 0 Å². The Bertz CT molecular complexity index is 589. The average molecular weight is 492 g/mol. The molecule has 34 heavy (non-hydrogen) atoms. The van der Waals surface area contributed by atoms with Crippen LogP contribution in [0, 0.1) is 0 Å². The van der Waals surface area contributed by atoms with Crippen molar-refractivity contribution >= 4 is 17.4 Å². The molecule has 0 saturated carbocycles. The van der Waals surface area contributed by atoms with Crippen molar-refractivity contribution in [3.8, 4) is 0 Å². The van der Waals surface area contributed by atoms with Crippen molar-refractivity contribution in [3.63, 3.8) is 0 Å². The lowest BCUT2D eigenvalue weighted by atomic mass is 10.0. The van der Waals surface area contributed by atoms with E-state index in [1.165, 1.54) is 135 Å². The van der Waals surface area contributed by atoms with E-state index in [-0.39, 0.29) is 5.78 Å². The Labute approximate surface area is 217 Å². The van der Waals surface area contributed by atoms with Crippen molar-refractivity contribution in [1.82, 2.24) is 4.98 Å². The summed E-state index contributed by atoms with van der Waals surface area (Å²) >= 11 is 6.04. The lowest BCUT2D eigenvalue weighted by Gasteiger charge is -2.04. The van der Waals surface area contributed by atoms with E-state index >= 15 is 0 Å². The van der Waals surface area contributed by atoms with Gasteiger partial charge in [0.25, 0.3) is 0 Å². The number of halogens is 1. The van der Waals surface area contributed by atoms with Crippen LogP contribution in [0.3, 0.4) is 0 Å². The lowest BCUT2D eigenvalue weighted by Crippen LogP contribution is -2.02. The number of aromatic nitrogens is 1. The molecule has 0 aliphatic carbocycles. The van der Waals surface area contributed by atoms with Gasteiger partial charge in [-0.2, -0.15) is 0 Å². The topological polar surface area (TPSA) is 30.0 Å². The number of carbonyl (C=O) groups is 1. The molecule has 1 aromatic rings. The van der Waals surface area contributed by atoms with E-state index in [4.69, 9.17) is 11.6 Å². The van der Waals surface area contributed by atoms with Gasteiger partial charge in [0.15, 0.2) is 5.78 Å². The zero-order chi connectivity index (χ0) is 24.5. The van der Waals surface area contributed by atoms with Gasteiger partial charge in [-0.1, -0.05) is 160 Å². The van der Waals surface area contributed by atoms with Crippen molar-refractivity contribution < 1.29 is 4.79 Å². The van der Waals surface area contributed by atoms with E-state index in [2.05, 4.69) is 11.9 Å². The minimum absolute atomic E-state index is 0.0779. The molecule has 0 aliphatic heterocycles. The van der Waals surface area contributed by atoms with Gasteiger partial charge >= 0.3 is 0 Å². The number of unbranched alkanes of at least 4 members (excludes halogenated alkanes) is 22. The van der Waals surface area contributed by atoms with Crippen LogP contribution in [0.4, 0.5) is 0 Å². The number of rotatable bonds is 25. The molecule has 0 N–H and O–H groups in total. The third kappa shape index (κ3) is 18.4. The largest absolute Gasteiger partial charge is 0.292 e. The molecule has 0 bridgehead atoms.